The molecule has 0 radical (unpaired) electrons. The highest BCUT2D eigenvalue weighted by molar-refractivity contribution is 5.81. The second-order valence-corrected chi connectivity index (χ2v) is 4.67. The monoisotopic (exact) mass is 304 g/mol. The molecule has 0 heterocycles. The average molecular weight is 304 g/mol. The molecule has 1 unspecified atom stereocenters. The molecule has 0 aromatic heterocycles. The van der Waals surface area contributed by atoms with Crippen LogP contribution in [0.15, 0.2) is 0 Å². The van der Waals surface area contributed by atoms with E-state index in [9.17, 15) is 9.59 Å². The van der Waals surface area contributed by atoms with Gasteiger partial charge in [-0.05, 0) is 13.3 Å². The molecule has 1 atom stereocenters. The quantitative estimate of drug-likeness (QED) is 0.405. The van der Waals surface area contributed by atoms with E-state index in [2.05, 4.69) is 10.1 Å². The summed E-state index contributed by atoms with van der Waals surface area (Å²) in [4.78, 5) is 25.2. The van der Waals surface area contributed by atoms with Crippen LogP contribution in [0.1, 0.15) is 19.8 Å². The largest absolute Gasteiger partial charge is 0.469 e. The van der Waals surface area contributed by atoms with Gasteiger partial charge in [-0.25, -0.2) is 0 Å². The molecule has 0 rings (SSSR count). The van der Waals surface area contributed by atoms with Crippen LogP contribution in [0.25, 0.3) is 0 Å². The third-order valence-corrected chi connectivity index (χ3v) is 3.17. The summed E-state index contributed by atoms with van der Waals surface area (Å²) in [6.45, 7) is 4.56. The normalized spacial score (nSPS) is 12.2. The van der Waals surface area contributed by atoms with Crippen molar-refractivity contribution in [3.8, 4) is 0 Å². The van der Waals surface area contributed by atoms with Gasteiger partial charge in [0.2, 0.25) is 5.91 Å². The summed E-state index contributed by atoms with van der Waals surface area (Å²) in [6, 6.07) is -0.327. The molecule has 7 heteroatoms. The predicted molar refractivity (Wildman–Crippen MR) is 79.0 cm³/mol. The number of esters is 1. The summed E-state index contributed by atoms with van der Waals surface area (Å²) < 4.78 is 14.6. The van der Waals surface area contributed by atoms with Gasteiger partial charge in [0.15, 0.2) is 0 Å². The van der Waals surface area contributed by atoms with Crippen molar-refractivity contribution < 1.29 is 23.8 Å². The van der Waals surface area contributed by atoms with Crippen LogP contribution in [-0.4, -0.2) is 77.0 Å². The van der Waals surface area contributed by atoms with E-state index in [-0.39, 0.29) is 24.3 Å². The Bertz CT molecular complexity index is 299. The Morgan fingerprint density at radius 2 is 1.76 bits per heavy atom. The number of carbonyl (C=O) groups excluding carboxylic acids is 2. The molecule has 1 N–H and O–H groups in total. The maximum absolute atomic E-state index is 12.1. The lowest BCUT2D eigenvalue weighted by atomic mass is 10.2. The van der Waals surface area contributed by atoms with Crippen LogP contribution in [0.5, 0.6) is 0 Å². The zero-order valence-electron chi connectivity index (χ0n) is 13.5. The highest BCUT2D eigenvalue weighted by Gasteiger charge is 2.21. The van der Waals surface area contributed by atoms with E-state index in [0.717, 1.165) is 6.42 Å². The van der Waals surface area contributed by atoms with E-state index >= 15 is 0 Å². The molecule has 7 nitrogen and oxygen atoms in total. The van der Waals surface area contributed by atoms with Gasteiger partial charge in [0.05, 0.1) is 26.2 Å². The predicted octanol–water partition coefficient (Wildman–Crippen LogP) is 0.0391. The lowest BCUT2D eigenvalue weighted by Crippen LogP contribution is -2.47. The summed E-state index contributed by atoms with van der Waals surface area (Å²) >= 11 is 0. The molecular weight excluding hydrogens is 276 g/mol. The van der Waals surface area contributed by atoms with Gasteiger partial charge in [0.25, 0.3) is 0 Å². The van der Waals surface area contributed by atoms with Gasteiger partial charge in [-0.1, -0.05) is 0 Å². The number of rotatable bonds is 12. The summed E-state index contributed by atoms with van der Waals surface area (Å²) in [7, 11) is 4.59. The molecule has 0 fully saturated rings. The summed E-state index contributed by atoms with van der Waals surface area (Å²) in [6.07, 6.45) is 1.02. The Morgan fingerprint density at radius 3 is 2.33 bits per heavy atom. The molecule has 0 aliphatic heterocycles. The summed E-state index contributed by atoms with van der Waals surface area (Å²) in [5.74, 6) is -0.350. The van der Waals surface area contributed by atoms with Gasteiger partial charge in [0.1, 0.15) is 0 Å². The van der Waals surface area contributed by atoms with Crippen molar-refractivity contribution in [2.75, 3.05) is 54.2 Å². The van der Waals surface area contributed by atoms with Crippen molar-refractivity contribution >= 4 is 11.9 Å². The standard InChI is InChI=1S/C14H28N2O5/c1-12(14(18)15-7-5-10-19-2)16(9-11-20-3)8-6-13(17)21-4/h12H,5-11H2,1-4H3,(H,15,18). The fourth-order valence-electron chi connectivity index (χ4n) is 1.79. The number of ether oxygens (including phenoxy) is 3. The number of nitrogens with zero attached hydrogens (tertiary/aromatic N) is 1. The van der Waals surface area contributed by atoms with Crippen molar-refractivity contribution in [2.45, 2.75) is 25.8 Å². The maximum Gasteiger partial charge on any atom is 0.306 e. The number of hydrogen-bond acceptors (Lipinski definition) is 6. The number of methoxy groups -OCH3 is 3. The molecule has 0 aromatic carbocycles. The third kappa shape index (κ3) is 9.38. The van der Waals surface area contributed by atoms with Gasteiger partial charge in [-0.15, -0.1) is 0 Å². The van der Waals surface area contributed by atoms with Crippen molar-refractivity contribution in [1.29, 1.82) is 0 Å². The second-order valence-electron chi connectivity index (χ2n) is 4.67. The van der Waals surface area contributed by atoms with Crippen LogP contribution in [0.4, 0.5) is 0 Å². The van der Waals surface area contributed by atoms with Crippen molar-refractivity contribution in [1.82, 2.24) is 10.2 Å². The second kappa shape index (κ2) is 12.6. The molecule has 124 valence electrons. The minimum absolute atomic E-state index is 0.0629. The number of hydrogen-bond donors (Lipinski definition) is 1. The Kier molecular flexibility index (Phi) is 11.8. The van der Waals surface area contributed by atoms with Crippen molar-refractivity contribution in [3.63, 3.8) is 0 Å². The molecule has 1 amide bonds. The first-order chi connectivity index (χ1) is 10.1. The van der Waals surface area contributed by atoms with Gasteiger partial charge < -0.3 is 19.5 Å². The van der Waals surface area contributed by atoms with Crippen LogP contribution in [0.3, 0.4) is 0 Å². The Labute approximate surface area is 126 Å². The Morgan fingerprint density at radius 1 is 1.10 bits per heavy atom. The number of amides is 1. The SMILES string of the molecule is COCCCNC(=O)C(C)N(CCOC)CCC(=O)OC. The lowest BCUT2D eigenvalue weighted by molar-refractivity contribution is -0.141. The first kappa shape index (κ1) is 19.8. The van der Waals surface area contributed by atoms with Gasteiger partial charge in [-0.2, -0.15) is 0 Å². The van der Waals surface area contributed by atoms with Crippen LogP contribution in [-0.2, 0) is 23.8 Å². The first-order valence-corrected chi connectivity index (χ1v) is 7.13. The van der Waals surface area contributed by atoms with Crippen LogP contribution < -0.4 is 5.32 Å². The first-order valence-electron chi connectivity index (χ1n) is 7.13. The fraction of sp³-hybridized carbons (Fsp3) is 0.857. The molecule has 21 heavy (non-hydrogen) atoms. The van der Waals surface area contributed by atoms with E-state index in [1.165, 1.54) is 7.11 Å². The molecule has 0 spiro atoms. The topological polar surface area (TPSA) is 77.1 Å². The van der Waals surface area contributed by atoms with Gasteiger partial charge in [-0.3, -0.25) is 14.5 Å². The summed E-state index contributed by atoms with van der Waals surface area (Å²) in [5.41, 5.74) is 0. The zero-order chi connectivity index (χ0) is 16.1. The number of carbonyl (C=O) groups is 2. The minimum atomic E-state index is -0.327. The van der Waals surface area contributed by atoms with E-state index in [0.29, 0.717) is 32.8 Å². The van der Waals surface area contributed by atoms with E-state index in [4.69, 9.17) is 9.47 Å². The highest BCUT2D eigenvalue weighted by Crippen LogP contribution is 2.02. The zero-order valence-corrected chi connectivity index (χ0v) is 13.5. The summed E-state index contributed by atoms with van der Waals surface area (Å²) in [5, 5.41) is 2.86. The fourth-order valence-corrected chi connectivity index (χ4v) is 1.79. The van der Waals surface area contributed by atoms with Crippen molar-refractivity contribution in [3.05, 3.63) is 0 Å². The molecule has 0 saturated carbocycles. The molecular formula is C14H28N2O5. The molecule has 0 aliphatic rings. The maximum atomic E-state index is 12.1. The van der Waals surface area contributed by atoms with Crippen molar-refractivity contribution in [2.24, 2.45) is 0 Å². The van der Waals surface area contributed by atoms with E-state index < -0.39 is 0 Å². The van der Waals surface area contributed by atoms with E-state index in [1.54, 1.807) is 14.2 Å². The molecule has 0 bridgehead atoms. The molecule has 0 aromatic rings. The third-order valence-electron chi connectivity index (χ3n) is 3.17. The lowest BCUT2D eigenvalue weighted by Gasteiger charge is -2.27. The Balaban J connectivity index is 4.29. The molecule has 0 aliphatic carbocycles. The highest BCUT2D eigenvalue weighted by atomic mass is 16.5. The van der Waals surface area contributed by atoms with Crippen LogP contribution in [0, 0.1) is 0 Å². The minimum Gasteiger partial charge on any atom is -0.469 e. The van der Waals surface area contributed by atoms with Crippen LogP contribution >= 0.6 is 0 Å². The van der Waals surface area contributed by atoms with Crippen LogP contribution in [0.2, 0.25) is 0 Å². The average Bonchev–Trinajstić information content (AvgIpc) is 2.50. The molecule has 0 saturated heterocycles. The smallest absolute Gasteiger partial charge is 0.306 e. The number of nitrogens with one attached hydrogen (secondary N) is 1. The van der Waals surface area contributed by atoms with Gasteiger partial charge in [0, 0.05) is 40.5 Å². The Hall–Kier alpha value is -1.18. The van der Waals surface area contributed by atoms with E-state index in [1.807, 2.05) is 11.8 Å². The van der Waals surface area contributed by atoms with Gasteiger partial charge >= 0.3 is 5.97 Å².